The number of aromatic nitrogens is 1. The van der Waals surface area contributed by atoms with Crippen LogP contribution in [0.4, 0.5) is 0 Å². The van der Waals surface area contributed by atoms with Crippen molar-refractivity contribution in [2.45, 2.75) is 18.9 Å². The molecule has 1 atom stereocenters. The summed E-state index contributed by atoms with van der Waals surface area (Å²) in [7, 11) is 1.60. The normalized spacial score (nSPS) is 13.9. The Balaban J connectivity index is 2.29. The fraction of sp³-hybridized carbons (Fsp3) is 0.267. The van der Waals surface area contributed by atoms with Crippen LogP contribution in [0.15, 0.2) is 47.1 Å². The summed E-state index contributed by atoms with van der Waals surface area (Å²) in [5.74, 6) is 0.685. The van der Waals surface area contributed by atoms with E-state index in [0.29, 0.717) is 12.2 Å². The van der Waals surface area contributed by atoms with Gasteiger partial charge in [0, 0.05) is 28.3 Å². The summed E-state index contributed by atoms with van der Waals surface area (Å²) in [4.78, 5) is 4.30. The first-order chi connectivity index (χ1) is 9.03. The van der Waals surface area contributed by atoms with Crippen LogP contribution >= 0.6 is 15.9 Å². The third-order valence-electron chi connectivity index (χ3n) is 3.00. The molecule has 0 fully saturated rings. The Morgan fingerprint density at radius 3 is 2.63 bits per heavy atom. The molecule has 1 heterocycles. The first-order valence-electron chi connectivity index (χ1n) is 5.99. The first-order valence-corrected chi connectivity index (χ1v) is 6.78. The molecule has 0 saturated carbocycles. The minimum Gasteiger partial charge on any atom is -0.496 e. The minimum absolute atomic E-state index is 0.431. The highest BCUT2D eigenvalue weighted by Gasteiger charge is 2.27. The van der Waals surface area contributed by atoms with Gasteiger partial charge in [0.25, 0.3) is 0 Å². The van der Waals surface area contributed by atoms with Crippen LogP contribution in [0.1, 0.15) is 18.2 Å². The van der Waals surface area contributed by atoms with Gasteiger partial charge in [0.1, 0.15) is 5.75 Å². The predicted molar refractivity (Wildman–Crippen MR) is 78.2 cm³/mol. The summed E-state index contributed by atoms with van der Waals surface area (Å²) in [5.41, 5.74) is 0.578. The number of halogens is 1. The van der Waals surface area contributed by atoms with E-state index in [4.69, 9.17) is 4.74 Å². The fourth-order valence-corrected chi connectivity index (χ4v) is 2.28. The summed E-state index contributed by atoms with van der Waals surface area (Å²) in [6.45, 7) is 1.77. The van der Waals surface area contributed by atoms with Crippen molar-refractivity contribution in [2.75, 3.05) is 7.11 Å². The number of hydrogen-bond donors (Lipinski definition) is 1. The van der Waals surface area contributed by atoms with Gasteiger partial charge in [-0.1, -0.05) is 18.2 Å². The molecule has 0 aliphatic heterocycles. The van der Waals surface area contributed by atoms with E-state index in [9.17, 15) is 5.11 Å². The molecule has 2 rings (SSSR count). The third kappa shape index (κ3) is 3.33. The predicted octanol–water partition coefficient (Wildman–Crippen LogP) is 3.30. The lowest BCUT2D eigenvalue weighted by Crippen LogP contribution is -2.25. The molecule has 100 valence electrons. The number of pyridine rings is 1. The number of aliphatic hydroxyl groups is 1. The van der Waals surface area contributed by atoms with Crippen molar-refractivity contribution < 1.29 is 9.84 Å². The van der Waals surface area contributed by atoms with Gasteiger partial charge in [-0.3, -0.25) is 4.98 Å². The number of methoxy groups -OCH3 is 1. The molecule has 0 spiro atoms. The first kappa shape index (κ1) is 14.0. The molecule has 0 amide bonds. The van der Waals surface area contributed by atoms with Gasteiger partial charge in [0.2, 0.25) is 0 Å². The van der Waals surface area contributed by atoms with Gasteiger partial charge in [-0.05, 0) is 41.1 Å². The highest BCUT2D eigenvalue weighted by Crippen LogP contribution is 2.32. The number of nitrogens with zero attached hydrogens (tertiary/aromatic N) is 1. The Morgan fingerprint density at radius 2 is 2.00 bits per heavy atom. The number of benzene rings is 1. The van der Waals surface area contributed by atoms with E-state index in [0.717, 1.165) is 15.7 Å². The van der Waals surface area contributed by atoms with Gasteiger partial charge in [0.15, 0.2) is 0 Å². The largest absolute Gasteiger partial charge is 0.496 e. The molecule has 0 aliphatic rings. The summed E-state index contributed by atoms with van der Waals surface area (Å²) >= 11 is 3.35. The van der Waals surface area contributed by atoms with Crippen molar-refractivity contribution in [3.63, 3.8) is 0 Å². The molecule has 19 heavy (non-hydrogen) atoms. The summed E-state index contributed by atoms with van der Waals surface area (Å²) in [5, 5.41) is 10.7. The number of hydrogen-bond acceptors (Lipinski definition) is 3. The van der Waals surface area contributed by atoms with Crippen LogP contribution in [-0.4, -0.2) is 17.2 Å². The molecule has 0 saturated heterocycles. The van der Waals surface area contributed by atoms with E-state index in [-0.39, 0.29) is 0 Å². The van der Waals surface area contributed by atoms with E-state index in [1.54, 1.807) is 20.2 Å². The average molecular weight is 322 g/mol. The quantitative estimate of drug-likeness (QED) is 0.939. The molecule has 0 radical (unpaired) electrons. The van der Waals surface area contributed by atoms with Gasteiger partial charge < -0.3 is 9.84 Å². The third-order valence-corrected chi connectivity index (χ3v) is 3.47. The molecule has 1 N–H and O–H groups in total. The van der Waals surface area contributed by atoms with Crippen LogP contribution in [0.3, 0.4) is 0 Å². The van der Waals surface area contributed by atoms with Gasteiger partial charge in [-0.25, -0.2) is 0 Å². The molecule has 0 aliphatic carbocycles. The standard InChI is InChI=1S/C15H16BrNO2/c1-15(18,9-12-8-7-11(16)10-17-12)13-5-3-4-6-14(13)19-2/h3-8,10,18H,9H2,1-2H3. The number of para-hydroxylation sites is 1. The lowest BCUT2D eigenvalue weighted by Gasteiger charge is -2.25. The number of ether oxygens (including phenoxy) is 1. The molecule has 3 nitrogen and oxygen atoms in total. The van der Waals surface area contributed by atoms with Crippen LogP contribution in [0.2, 0.25) is 0 Å². The molecular formula is C15H16BrNO2. The summed E-state index contributed by atoms with van der Waals surface area (Å²) < 4.78 is 6.22. The van der Waals surface area contributed by atoms with Crippen molar-refractivity contribution >= 4 is 15.9 Å². The van der Waals surface area contributed by atoms with Gasteiger partial charge in [-0.2, -0.15) is 0 Å². The van der Waals surface area contributed by atoms with E-state index in [1.807, 2.05) is 36.4 Å². The summed E-state index contributed by atoms with van der Waals surface area (Å²) in [6, 6.07) is 11.3. The van der Waals surface area contributed by atoms with Crippen LogP contribution in [0.25, 0.3) is 0 Å². The second-order valence-corrected chi connectivity index (χ2v) is 5.53. The van der Waals surface area contributed by atoms with E-state index >= 15 is 0 Å². The Morgan fingerprint density at radius 1 is 1.26 bits per heavy atom. The molecule has 1 aromatic heterocycles. The fourth-order valence-electron chi connectivity index (χ4n) is 2.05. The van der Waals surface area contributed by atoms with Gasteiger partial charge >= 0.3 is 0 Å². The molecule has 0 bridgehead atoms. The minimum atomic E-state index is -1.02. The molecule has 2 aromatic rings. The monoisotopic (exact) mass is 321 g/mol. The van der Waals surface area contributed by atoms with Gasteiger partial charge in [0.05, 0.1) is 12.7 Å². The maximum Gasteiger partial charge on any atom is 0.124 e. The number of rotatable bonds is 4. The maximum absolute atomic E-state index is 10.7. The Hall–Kier alpha value is -1.39. The van der Waals surface area contributed by atoms with Crippen molar-refractivity contribution in [1.29, 1.82) is 0 Å². The lowest BCUT2D eigenvalue weighted by atomic mass is 9.90. The SMILES string of the molecule is COc1ccccc1C(C)(O)Cc1ccc(Br)cn1. The molecular weight excluding hydrogens is 306 g/mol. The second kappa shape index (κ2) is 5.72. The highest BCUT2D eigenvalue weighted by molar-refractivity contribution is 9.10. The van der Waals surface area contributed by atoms with Crippen molar-refractivity contribution in [2.24, 2.45) is 0 Å². The zero-order valence-electron chi connectivity index (χ0n) is 10.9. The van der Waals surface area contributed by atoms with Crippen LogP contribution in [-0.2, 0) is 12.0 Å². The average Bonchev–Trinajstić information content (AvgIpc) is 2.41. The van der Waals surface area contributed by atoms with Crippen LogP contribution in [0, 0.1) is 0 Å². The zero-order valence-corrected chi connectivity index (χ0v) is 12.5. The van der Waals surface area contributed by atoms with Crippen molar-refractivity contribution in [3.05, 3.63) is 58.3 Å². The van der Waals surface area contributed by atoms with Crippen LogP contribution in [0.5, 0.6) is 5.75 Å². The zero-order chi connectivity index (χ0) is 13.9. The topological polar surface area (TPSA) is 42.4 Å². The Bertz CT molecular complexity index is 552. The highest BCUT2D eigenvalue weighted by atomic mass is 79.9. The van der Waals surface area contributed by atoms with Crippen molar-refractivity contribution in [1.82, 2.24) is 4.98 Å². The van der Waals surface area contributed by atoms with Gasteiger partial charge in [-0.15, -0.1) is 0 Å². The lowest BCUT2D eigenvalue weighted by molar-refractivity contribution is 0.0539. The molecule has 1 aromatic carbocycles. The van der Waals surface area contributed by atoms with E-state index in [2.05, 4.69) is 20.9 Å². The van der Waals surface area contributed by atoms with Crippen molar-refractivity contribution in [3.8, 4) is 5.75 Å². The smallest absolute Gasteiger partial charge is 0.124 e. The maximum atomic E-state index is 10.7. The molecule has 4 heteroatoms. The van der Waals surface area contributed by atoms with E-state index < -0.39 is 5.60 Å². The Labute approximate surface area is 121 Å². The molecule has 1 unspecified atom stereocenters. The Kier molecular flexibility index (Phi) is 4.22. The summed E-state index contributed by atoms with van der Waals surface area (Å²) in [6.07, 6.45) is 2.16. The van der Waals surface area contributed by atoms with Crippen LogP contribution < -0.4 is 4.74 Å². The van der Waals surface area contributed by atoms with E-state index in [1.165, 1.54) is 0 Å². The second-order valence-electron chi connectivity index (χ2n) is 4.62.